The molecule has 1 aliphatic rings. The van der Waals surface area contributed by atoms with Crippen LogP contribution in [0.3, 0.4) is 0 Å². The highest BCUT2D eigenvalue weighted by molar-refractivity contribution is 7.99. The average Bonchev–Trinajstić information content (AvgIpc) is 2.76. The summed E-state index contributed by atoms with van der Waals surface area (Å²) >= 11 is 1.81. The molecular formula is C14H19NO2S. The monoisotopic (exact) mass is 265 g/mol. The molecule has 2 N–H and O–H groups in total. The Kier molecular flexibility index (Phi) is 4.17. The Morgan fingerprint density at radius 1 is 1.44 bits per heavy atom. The molecule has 1 aliphatic carbocycles. The minimum Gasteiger partial charge on any atom is -0.507 e. The van der Waals surface area contributed by atoms with Crippen LogP contribution in [-0.2, 0) is 0 Å². The zero-order chi connectivity index (χ0) is 13.1. The van der Waals surface area contributed by atoms with Crippen LogP contribution in [0.15, 0.2) is 18.2 Å². The highest BCUT2D eigenvalue weighted by atomic mass is 32.2. The minimum atomic E-state index is -0.168. The van der Waals surface area contributed by atoms with Crippen LogP contribution in [0.2, 0.25) is 0 Å². The minimum absolute atomic E-state index is 0.0613. The van der Waals surface area contributed by atoms with Gasteiger partial charge in [-0.25, -0.2) is 0 Å². The standard InChI is InChI=1S/C14H19NO2S/c1-9-6-7-10(12(16)8-9)14(17)15-11-4-3-5-13(11)18-2/h6-8,11,13,16H,3-5H2,1-2H3,(H,15,17). The number of thioether (sulfide) groups is 1. The summed E-state index contributed by atoms with van der Waals surface area (Å²) in [5.74, 6) is -0.107. The number of amides is 1. The van der Waals surface area contributed by atoms with Crippen LogP contribution in [0.4, 0.5) is 0 Å². The Hall–Kier alpha value is -1.16. The van der Waals surface area contributed by atoms with Gasteiger partial charge in [0.1, 0.15) is 5.75 Å². The average molecular weight is 265 g/mol. The van der Waals surface area contributed by atoms with Crippen LogP contribution in [-0.4, -0.2) is 28.6 Å². The van der Waals surface area contributed by atoms with Crippen molar-refractivity contribution in [2.75, 3.05) is 6.26 Å². The van der Waals surface area contributed by atoms with Crippen LogP contribution in [0, 0.1) is 6.92 Å². The van der Waals surface area contributed by atoms with Gasteiger partial charge >= 0.3 is 0 Å². The van der Waals surface area contributed by atoms with E-state index in [0.29, 0.717) is 10.8 Å². The highest BCUT2D eigenvalue weighted by Gasteiger charge is 2.28. The summed E-state index contributed by atoms with van der Waals surface area (Å²) in [5.41, 5.74) is 1.32. The van der Waals surface area contributed by atoms with E-state index in [-0.39, 0.29) is 17.7 Å². The smallest absolute Gasteiger partial charge is 0.255 e. The molecule has 1 aromatic rings. The summed E-state index contributed by atoms with van der Waals surface area (Å²) in [7, 11) is 0. The van der Waals surface area contributed by atoms with Crippen LogP contribution in [0.1, 0.15) is 35.2 Å². The molecule has 18 heavy (non-hydrogen) atoms. The molecule has 2 atom stereocenters. The lowest BCUT2D eigenvalue weighted by Gasteiger charge is -2.19. The van der Waals surface area contributed by atoms with Crippen molar-refractivity contribution in [2.24, 2.45) is 0 Å². The summed E-state index contributed by atoms with van der Waals surface area (Å²) in [6, 6.07) is 5.38. The van der Waals surface area contributed by atoms with Gasteiger partial charge in [-0.15, -0.1) is 0 Å². The number of hydrogen-bond acceptors (Lipinski definition) is 3. The zero-order valence-corrected chi connectivity index (χ0v) is 11.6. The number of rotatable bonds is 3. The Morgan fingerprint density at radius 2 is 2.22 bits per heavy atom. The van der Waals surface area contributed by atoms with Crippen molar-refractivity contribution >= 4 is 17.7 Å². The topological polar surface area (TPSA) is 49.3 Å². The van der Waals surface area contributed by atoms with Crippen LogP contribution < -0.4 is 5.32 Å². The zero-order valence-electron chi connectivity index (χ0n) is 10.8. The highest BCUT2D eigenvalue weighted by Crippen LogP contribution is 2.29. The van der Waals surface area contributed by atoms with E-state index in [9.17, 15) is 9.90 Å². The van der Waals surface area contributed by atoms with Crippen LogP contribution >= 0.6 is 11.8 Å². The van der Waals surface area contributed by atoms with E-state index in [1.165, 1.54) is 0 Å². The number of carbonyl (C=O) groups is 1. The molecule has 1 aromatic carbocycles. The summed E-state index contributed by atoms with van der Waals surface area (Å²) < 4.78 is 0. The van der Waals surface area contributed by atoms with E-state index in [1.807, 2.05) is 24.8 Å². The third kappa shape index (κ3) is 2.80. The van der Waals surface area contributed by atoms with Gasteiger partial charge in [0.05, 0.1) is 5.56 Å². The molecule has 2 unspecified atom stereocenters. The summed E-state index contributed by atoms with van der Waals surface area (Å²) in [4.78, 5) is 12.1. The molecule has 1 amide bonds. The summed E-state index contributed by atoms with van der Waals surface area (Å²) in [5, 5.41) is 13.3. The summed E-state index contributed by atoms with van der Waals surface area (Å²) in [6.45, 7) is 1.89. The van der Waals surface area contributed by atoms with Gasteiger partial charge in [-0.3, -0.25) is 4.79 Å². The van der Waals surface area contributed by atoms with E-state index in [0.717, 1.165) is 24.8 Å². The molecular weight excluding hydrogens is 246 g/mol. The Labute approximate surface area is 112 Å². The second kappa shape index (κ2) is 5.65. The lowest BCUT2D eigenvalue weighted by atomic mass is 10.1. The Balaban J connectivity index is 2.07. The first-order chi connectivity index (χ1) is 8.61. The van der Waals surface area contributed by atoms with Crippen molar-refractivity contribution in [3.63, 3.8) is 0 Å². The maximum Gasteiger partial charge on any atom is 0.255 e. The fourth-order valence-corrected chi connectivity index (χ4v) is 3.39. The summed E-state index contributed by atoms with van der Waals surface area (Å²) in [6.07, 6.45) is 5.44. The van der Waals surface area contributed by atoms with Crippen LogP contribution in [0.25, 0.3) is 0 Å². The van der Waals surface area contributed by atoms with Gasteiger partial charge in [0.2, 0.25) is 0 Å². The van der Waals surface area contributed by atoms with Crippen molar-refractivity contribution in [1.82, 2.24) is 5.32 Å². The quantitative estimate of drug-likeness (QED) is 0.883. The maximum atomic E-state index is 12.1. The number of benzene rings is 1. The SMILES string of the molecule is CSC1CCCC1NC(=O)c1ccc(C)cc1O. The number of carbonyl (C=O) groups excluding carboxylic acids is 1. The fourth-order valence-electron chi connectivity index (χ4n) is 2.45. The van der Waals surface area contributed by atoms with E-state index >= 15 is 0 Å². The number of phenols is 1. The molecule has 0 spiro atoms. The third-order valence-electron chi connectivity index (χ3n) is 3.47. The van der Waals surface area contributed by atoms with E-state index in [1.54, 1.807) is 12.1 Å². The molecule has 0 heterocycles. The first-order valence-electron chi connectivity index (χ1n) is 6.25. The van der Waals surface area contributed by atoms with Gasteiger partial charge in [-0.1, -0.05) is 12.5 Å². The number of phenolic OH excluding ortho intramolecular Hbond substituents is 1. The van der Waals surface area contributed by atoms with Crippen molar-refractivity contribution in [3.8, 4) is 5.75 Å². The van der Waals surface area contributed by atoms with Crippen LogP contribution in [0.5, 0.6) is 5.75 Å². The molecule has 98 valence electrons. The van der Waals surface area contributed by atoms with Gasteiger partial charge in [-0.2, -0.15) is 11.8 Å². The Morgan fingerprint density at radius 3 is 2.89 bits per heavy atom. The van der Waals surface area contributed by atoms with Crippen molar-refractivity contribution in [1.29, 1.82) is 0 Å². The maximum absolute atomic E-state index is 12.1. The first kappa shape index (κ1) is 13.3. The normalized spacial score (nSPS) is 23.0. The number of aromatic hydroxyl groups is 1. The van der Waals surface area contributed by atoms with E-state index in [2.05, 4.69) is 11.6 Å². The number of nitrogens with one attached hydrogen (secondary N) is 1. The molecule has 0 bridgehead atoms. The molecule has 0 radical (unpaired) electrons. The van der Waals surface area contributed by atoms with E-state index < -0.39 is 0 Å². The van der Waals surface area contributed by atoms with Gasteiger partial charge < -0.3 is 10.4 Å². The molecule has 4 heteroatoms. The second-order valence-corrected chi connectivity index (χ2v) is 5.88. The molecule has 1 fully saturated rings. The van der Waals surface area contributed by atoms with Gasteiger partial charge in [-0.05, 0) is 43.7 Å². The number of hydrogen-bond donors (Lipinski definition) is 2. The van der Waals surface area contributed by atoms with Crippen molar-refractivity contribution < 1.29 is 9.90 Å². The van der Waals surface area contributed by atoms with Gasteiger partial charge in [0.15, 0.2) is 0 Å². The lowest BCUT2D eigenvalue weighted by molar-refractivity contribution is 0.0936. The van der Waals surface area contributed by atoms with Crippen molar-refractivity contribution in [2.45, 2.75) is 37.5 Å². The first-order valence-corrected chi connectivity index (χ1v) is 7.54. The van der Waals surface area contributed by atoms with Gasteiger partial charge in [0, 0.05) is 11.3 Å². The molecule has 2 rings (SSSR count). The molecule has 0 aromatic heterocycles. The molecule has 3 nitrogen and oxygen atoms in total. The molecule has 0 aliphatic heterocycles. The second-order valence-electron chi connectivity index (χ2n) is 4.81. The molecule has 1 saturated carbocycles. The number of aryl methyl sites for hydroxylation is 1. The largest absolute Gasteiger partial charge is 0.507 e. The predicted molar refractivity (Wildman–Crippen MR) is 75.3 cm³/mol. The Bertz CT molecular complexity index is 447. The lowest BCUT2D eigenvalue weighted by Crippen LogP contribution is -2.38. The third-order valence-corrected chi connectivity index (χ3v) is 4.64. The van der Waals surface area contributed by atoms with Gasteiger partial charge in [0.25, 0.3) is 5.91 Å². The van der Waals surface area contributed by atoms with E-state index in [4.69, 9.17) is 0 Å². The fraction of sp³-hybridized carbons (Fsp3) is 0.500. The molecule has 0 saturated heterocycles. The predicted octanol–water partition coefficient (Wildman–Crippen LogP) is 2.71. The van der Waals surface area contributed by atoms with Crippen molar-refractivity contribution in [3.05, 3.63) is 29.3 Å².